The number of pyridine rings is 1. The molecule has 0 radical (unpaired) electrons. The smallest absolute Gasteiger partial charge is 0.211 e. The second-order valence-corrected chi connectivity index (χ2v) is 6.83. The van der Waals surface area contributed by atoms with Crippen LogP contribution in [-0.2, 0) is 16.6 Å². The first kappa shape index (κ1) is 14.2. The first-order valence-corrected chi connectivity index (χ1v) is 8.14. The largest absolute Gasteiger partial charge is 0.354 e. The van der Waals surface area contributed by atoms with Gasteiger partial charge in [-0.25, -0.2) is 17.7 Å². The molecule has 106 valence electrons. The van der Waals surface area contributed by atoms with Crippen LogP contribution in [0.4, 0.5) is 5.82 Å². The van der Waals surface area contributed by atoms with Crippen molar-refractivity contribution in [2.24, 2.45) is 0 Å². The Balaban J connectivity index is 2.21. The molecule has 1 N–H and O–H groups in total. The molecule has 1 aliphatic rings. The van der Waals surface area contributed by atoms with Gasteiger partial charge in [0.1, 0.15) is 5.82 Å². The summed E-state index contributed by atoms with van der Waals surface area (Å²) in [6.07, 6.45) is 2.97. The minimum absolute atomic E-state index is 0.353. The first-order valence-electron chi connectivity index (χ1n) is 6.29. The van der Waals surface area contributed by atoms with Crippen LogP contribution < -0.4 is 10.2 Å². The topological polar surface area (TPSA) is 65.5 Å². The Labute approximate surface area is 114 Å². The molecule has 0 unspecified atom stereocenters. The van der Waals surface area contributed by atoms with E-state index in [9.17, 15) is 8.42 Å². The highest BCUT2D eigenvalue weighted by Gasteiger charge is 2.18. The van der Waals surface area contributed by atoms with E-state index in [1.165, 1.54) is 10.6 Å². The Morgan fingerprint density at radius 3 is 2.74 bits per heavy atom. The van der Waals surface area contributed by atoms with Crippen LogP contribution in [0.2, 0.25) is 0 Å². The van der Waals surface area contributed by atoms with E-state index in [1.807, 2.05) is 12.1 Å². The van der Waals surface area contributed by atoms with E-state index in [-0.39, 0.29) is 0 Å². The van der Waals surface area contributed by atoms with Gasteiger partial charge in [0.25, 0.3) is 0 Å². The standard InChI is InChI=1S/C12H20N4O2S/c1-15(19(2,17)18)10-11-4-3-5-14-12(11)16-8-6-13-7-9-16/h3-5,13H,6-10H2,1-2H3. The first-order chi connectivity index (χ1) is 8.98. The average molecular weight is 284 g/mol. The minimum atomic E-state index is -3.17. The summed E-state index contributed by atoms with van der Waals surface area (Å²) in [6.45, 7) is 4.00. The molecule has 0 bridgehead atoms. The van der Waals surface area contributed by atoms with E-state index in [0.29, 0.717) is 6.54 Å². The molecule has 1 fully saturated rings. The predicted octanol–water partition coefficient (Wildman–Crippen LogP) is -0.117. The van der Waals surface area contributed by atoms with E-state index in [1.54, 1.807) is 13.2 Å². The highest BCUT2D eigenvalue weighted by molar-refractivity contribution is 7.88. The lowest BCUT2D eigenvalue weighted by Gasteiger charge is -2.30. The number of anilines is 1. The quantitative estimate of drug-likeness (QED) is 0.835. The van der Waals surface area contributed by atoms with Crippen molar-refractivity contribution >= 4 is 15.8 Å². The van der Waals surface area contributed by atoms with Crippen molar-refractivity contribution in [2.75, 3.05) is 44.4 Å². The fraction of sp³-hybridized carbons (Fsp3) is 0.583. The molecule has 1 saturated heterocycles. The van der Waals surface area contributed by atoms with Gasteiger partial charge in [0.2, 0.25) is 10.0 Å². The third-order valence-electron chi connectivity index (χ3n) is 3.24. The van der Waals surface area contributed by atoms with Gasteiger partial charge in [0, 0.05) is 51.5 Å². The lowest BCUT2D eigenvalue weighted by atomic mass is 10.2. The van der Waals surface area contributed by atoms with Gasteiger partial charge in [-0.05, 0) is 6.07 Å². The van der Waals surface area contributed by atoms with Crippen molar-refractivity contribution in [1.29, 1.82) is 0 Å². The molecule has 2 rings (SSSR count). The minimum Gasteiger partial charge on any atom is -0.354 e. The van der Waals surface area contributed by atoms with Gasteiger partial charge in [-0.1, -0.05) is 6.07 Å². The number of nitrogens with zero attached hydrogens (tertiary/aromatic N) is 3. The fourth-order valence-electron chi connectivity index (χ4n) is 2.07. The molecule has 0 aromatic carbocycles. The third-order valence-corrected chi connectivity index (χ3v) is 4.50. The van der Waals surface area contributed by atoms with Crippen LogP contribution in [-0.4, -0.2) is 57.2 Å². The molecule has 1 aromatic rings. The molecule has 0 aliphatic carbocycles. The maximum absolute atomic E-state index is 11.5. The van der Waals surface area contributed by atoms with Crippen LogP contribution in [0.5, 0.6) is 0 Å². The molecule has 0 amide bonds. The summed E-state index contributed by atoms with van der Waals surface area (Å²) in [5.41, 5.74) is 0.942. The highest BCUT2D eigenvalue weighted by atomic mass is 32.2. The Morgan fingerprint density at radius 2 is 2.11 bits per heavy atom. The molecular weight excluding hydrogens is 264 g/mol. The Kier molecular flexibility index (Phi) is 4.38. The zero-order valence-electron chi connectivity index (χ0n) is 11.3. The van der Waals surface area contributed by atoms with Crippen LogP contribution in [0.25, 0.3) is 0 Å². The summed E-state index contributed by atoms with van der Waals surface area (Å²) in [7, 11) is -1.59. The average Bonchev–Trinajstić information content (AvgIpc) is 2.39. The molecule has 1 aliphatic heterocycles. The highest BCUT2D eigenvalue weighted by Crippen LogP contribution is 2.19. The number of hydrogen-bond acceptors (Lipinski definition) is 5. The van der Waals surface area contributed by atoms with Crippen molar-refractivity contribution in [2.45, 2.75) is 6.54 Å². The van der Waals surface area contributed by atoms with Crippen molar-refractivity contribution < 1.29 is 8.42 Å². The van der Waals surface area contributed by atoms with Gasteiger partial charge in [-0.15, -0.1) is 0 Å². The van der Waals surface area contributed by atoms with Crippen molar-refractivity contribution in [3.63, 3.8) is 0 Å². The summed E-state index contributed by atoms with van der Waals surface area (Å²) < 4.78 is 24.4. The Morgan fingerprint density at radius 1 is 1.42 bits per heavy atom. The van der Waals surface area contributed by atoms with Gasteiger partial charge in [-0.2, -0.15) is 0 Å². The number of aromatic nitrogens is 1. The molecule has 0 spiro atoms. The summed E-state index contributed by atoms with van der Waals surface area (Å²) in [4.78, 5) is 6.61. The fourth-order valence-corrected chi connectivity index (χ4v) is 2.45. The second kappa shape index (κ2) is 5.85. The van der Waals surface area contributed by atoms with Gasteiger partial charge >= 0.3 is 0 Å². The summed E-state index contributed by atoms with van der Waals surface area (Å²) >= 11 is 0. The van der Waals surface area contributed by atoms with E-state index in [4.69, 9.17) is 0 Å². The van der Waals surface area contributed by atoms with Crippen LogP contribution in [0.3, 0.4) is 0 Å². The van der Waals surface area contributed by atoms with Gasteiger partial charge in [0.15, 0.2) is 0 Å². The zero-order valence-corrected chi connectivity index (χ0v) is 12.2. The van der Waals surface area contributed by atoms with Crippen molar-refractivity contribution in [3.8, 4) is 0 Å². The Hall–Kier alpha value is -1.18. The summed E-state index contributed by atoms with van der Waals surface area (Å²) in [5, 5.41) is 3.29. The second-order valence-electron chi connectivity index (χ2n) is 4.74. The lowest BCUT2D eigenvalue weighted by Crippen LogP contribution is -2.44. The molecule has 0 atom stereocenters. The summed E-state index contributed by atoms with van der Waals surface area (Å²) in [6, 6.07) is 3.78. The number of sulfonamides is 1. The van der Waals surface area contributed by atoms with E-state index < -0.39 is 10.0 Å². The van der Waals surface area contributed by atoms with E-state index in [2.05, 4.69) is 15.2 Å². The van der Waals surface area contributed by atoms with Crippen LogP contribution >= 0.6 is 0 Å². The molecule has 2 heterocycles. The molecule has 0 saturated carbocycles. The number of hydrogen-bond donors (Lipinski definition) is 1. The van der Waals surface area contributed by atoms with Crippen LogP contribution in [0.15, 0.2) is 18.3 Å². The van der Waals surface area contributed by atoms with Crippen molar-refractivity contribution in [1.82, 2.24) is 14.6 Å². The maximum Gasteiger partial charge on any atom is 0.211 e. The number of piperazine rings is 1. The summed E-state index contributed by atoms with van der Waals surface area (Å²) in [5.74, 6) is 0.888. The maximum atomic E-state index is 11.5. The molecule has 7 heteroatoms. The van der Waals surface area contributed by atoms with E-state index in [0.717, 1.165) is 37.6 Å². The lowest BCUT2D eigenvalue weighted by molar-refractivity contribution is 0.470. The zero-order chi connectivity index (χ0) is 13.9. The molecular formula is C12H20N4O2S. The van der Waals surface area contributed by atoms with Gasteiger partial charge < -0.3 is 10.2 Å². The SMILES string of the molecule is CN(Cc1cccnc1N1CCNCC1)S(C)(=O)=O. The van der Waals surface area contributed by atoms with Crippen LogP contribution in [0, 0.1) is 0 Å². The monoisotopic (exact) mass is 284 g/mol. The number of nitrogens with one attached hydrogen (secondary N) is 1. The predicted molar refractivity (Wildman–Crippen MR) is 75.6 cm³/mol. The number of rotatable bonds is 4. The normalized spacial score (nSPS) is 16.9. The Bertz CT molecular complexity index is 526. The van der Waals surface area contributed by atoms with Crippen LogP contribution in [0.1, 0.15) is 5.56 Å². The van der Waals surface area contributed by atoms with Gasteiger partial charge in [0.05, 0.1) is 6.26 Å². The molecule has 1 aromatic heterocycles. The van der Waals surface area contributed by atoms with Crippen molar-refractivity contribution in [3.05, 3.63) is 23.9 Å². The van der Waals surface area contributed by atoms with E-state index >= 15 is 0 Å². The molecule has 6 nitrogen and oxygen atoms in total. The third kappa shape index (κ3) is 3.65. The van der Waals surface area contributed by atoms with Gasteiger partial charge in [-0.3, -0.25) is 0 Å². The molecule has 19 heavy (non-hydrogen) atoms.